The Bertz CT molecular complexity index is 779. The van der Waals surface area contributed by atoms with Gasteiger partial charge in [-0.2, -0.15) is 5.10 Å². The third-order valence-corrected chi connectivity index (χ3v) is 3.03. The Labute approximate surface area is 126 Å². The van der Waals surface area contributed by atoms with E-state index in [0.29, 0.717) is 11.5 Å². The molecule has 1 aromatic carbocycles. The van der Waals surface area contributed by atoms with E-state index in [2.05, 4.69) is 15.3 Å². The van der Waals surface area contributed by atoms with Crippen LogP contribution in [0.1, 0.15) is 29.3 Å². The third kappa shape index (κ3) is 2.88. The van der Waals surface area contributed by atoms with E-state index >= 15 is 0 Å². The van der Waals surface area contributed by atoms with Gasteiger partial charge in [-0.25, -0.2) is 4.79 Å². The lowest BCUT2D eigenvalue weighted by molar-refractivity contribution is 0.0280. The summed E-state index contributed by atoms with van der Waals surface area (Å²) >= 11 is 0. The number of carbonyl (C=O) groups is 1. The average Bonchev–Trinajstić information content (AvgIpc) is 3.17. The normalized spacial score (nSPS) is 12.1. The Morgan fingerprint density at radius 3 is 2.73 bits per heavy atom. The van der Waals surface area contributed by atoms with Crippen LogP contribution >= 0.6 is 0 Å². The van der Waals surface area contributed by atoms with E-state index in [-0.39, 0.29) is 5.89 Å². The van der Waals surface area contributed by atoms with Crippen molar-refractivity contribution in [3.8, 4) is 11.5 Å². The van der Waals surface area contributed by atoms with Crippen LogP contribution in [0.25, 0.3) is 11.5 Å². The van der Waals surface area contributed by atoms with Crippen LogP contribution in [-0.4, -0.2) is 25.9 Å². The van der Waals surface area contributed by atoms with Gasteiger partial charge in [-0.1, -0.05) is 18.2 Å². The van der Waals surface area contributed by atoms with Crippen molar-refractivity contribution in [1.29, 1.82) is 0 Å². The molecule has 0 saturated heterocycles. The Hall–Kier alpha value is -2.96. The molecule has 2 heterocycles. The summed E-state index contributed by atoms with van der Waals surface area (Å²) in [6.45, 7) is 1.68. The first kappa shape index (κ1) is 14.0. The summed E-state index contributed by atoms with van der Waals surface area (Å²) in [6.07, 6.45) is 2.38. The van der Waals surface area contributed by atoms with Crippen LogP contribution in [0, 0.1) is 0 Å². The molecular formula is C15H14N4O3. The summed E-state index contributed by atoms with van der Waals surface area (Å²) in [5, 5.41) is 11.8. The Balaban J connectivity index is 1.72. The Morgan fingerprint density at radius 1 is 1.27 bits per heavy atom. The van der Waals surface area contributed by atoms with E-state index in [4.69, 9.17) is 9.15 Å². The molecule has 0 aliphatic carbocycles. The SMILES string of the molecule is CC(OC(=O)c1cnn(C)c1)c1nnc(-c2ccccc2)o1. The summed E-state index contributed by atoms with van der Waals surface area (Å²) in [5.41, 5.74) is 1.18. The molecule has 2 aromatic heterocycles. The summed E-state index contributed by atoms with van der Waals surface area (Å²) in [6, 6.07) is 9.39. The van der Waals surface area contributed by atoms with E-state index in [9.17, 15) is 4.79 Å². The minimum atomic E-state index is -0.641. The fourth-order valence-corrected chi connectivity index (χ4v) is 1.90. The minimum Gasteiger partial charge on any atom is -0.449 e. The second-order valence-corrected chi connectivity index (χ2v) is 4.76. The van der Waals surface area contributed by atoms with E-state index < -0.39 is 12.1 Å². The van der Waals surface area contributed by atoms with Gasteiger partial charge in [0.1, 0.15) is 0 Å². The van der Waals surface area contributed by atoms with E-state index in [1.54, 1.807) is 20.2 Å². The number of rotatable bonds is 4. The van der Waals surface area contributed by atoms with Gasteiger partial charge in [0.05, 0.1) is 11.8 Å². The van der Waals surface area contributed by atoms with Crippen LogP contribution in [0.4, 0.5) is 0 Å². The number of nitrogens with zero attached hydrogens (tertiary/aromatic N) is 4. The van der Waals surface area contributed by atoms with Crippen LogP contribution in [0.15, 0.2) is 47.1 Å². The van der Waals surface area contributed by atoms with Crippen molar-refractivity contribution in [2.24, 2.45) is 7.05 Å². The predicted molar refractivity (Wildman–Crippen MR) is 76.8 cm³/mol. The van der Waals surface area contributed by atoms with Crippen LogP contribution in [0.5, 0.6) is 0 Å². The molecule has 0 N–H and O–H groups in total. The largest absolute Gasteiger partial charge is 0.449 e. The number of benzene rings is 1. The predicted octanol–water partition coefficient (Wildman–Crippen LogP) is 2.39. The van der Waals surface area contributed by atoms with Crippen molar-refractivity contribution >= 4 is 5.97 Å². The number of ether oxygens (including phenoxy) is 1. The van der Waals surface area contributed by atoms with Crippen LogP contribution in [-0.2, 0) is 11.8 Å². The third-order valence-electron chi connectivity index (χ3n) is 3.03. The lowest BCUT2D eigenvalue weighted by Crippen LogP contribution is -2.09. The van der Waals surface area contributed by atoms with Gasteiger partial charge in [0, 0.05) is 18.8 Å². The topological polar surface area (TPSA) is 83.0 Å². The van der Waals surface area contributed by atoms with Crippen LogP contribution in [0.3, 0.4) is 0 Å². The molecule has 0 saturated carbocycles. The van der Waals surface area contributed by atoms with Crippen molar-refractivity contribution < 1.29 is 13.9 Å². The number of hydrogen-bond acceptors (Lipinski definition) is 6. The van der Waals surface area contributed by atoms with Gasteiger partial charge < -0.3 is 9.15 Å². The number of esters is 1. The van der Waals surface area contributed by atoms with E-state index in [0.717, 1.165) is 5.56 Å². The van der Waals surface area contributed by atoms with Crippen molar-refractivity contribution in [2.45, 2.75) is 13.0 Å². The molecule has 0 spiro atoms. The molecule has 0 fully saturated rings. The van der Waals surface area contributed by atoms with Crippen molar-refractivity contribution in [3.05, 3.63) is 54.2 Å². The molecule has 0 aliphatic heterocycles. The van der Waals surface area contributed by atoms with Crippen LogP contribution in [0.2, 0.25) is 0 Å². The second-order valence-electron chi connectivity index (χ2n) is 4.76. The quantitative estimate of drug-likeness (QED) is 0.688. The molecule has 0 bridgehead atoms. The fourth-order valence-electron chi connectivity index (χ4n) is 1.90. The Kier molecular flexibility index (Phi) is 3.69. The molecule has 0 amide bonds. The van der Waals surface area contributed by atoms with E-state index in [1.807, 2.05) is 30.3 Å². The van der Waals surface area contributed by atoms with Gasteiger partial charge in [0.25, 0.3) is 5.89 Å². The first-order valence-corrected chi connectivity index (χ1v) is 6.72. The average molecular weight is 298 g/mol. The zero-order valence-corrected chi connectivity index (χ0v) is 12.1. The van der Waals surface area contributed by atoms with Crippen molar-refractivity contribution in [2.75, 3.05) is 0 Å². The fraction of sp³-hybridized carbons (Fsp3) is 0.200. The van der Waals surface area contributed by atoms with E-state index in [1.165, 1.54) is 10.9 Å². The standard InChI is InChI=1S/C15H14N4O3/c1-10(21-15(20)12-8-16-19(2)9-12)13-17-18-14(22-13)11-6-4-3-5-7-11/h3-10H,1-2H3. The maximum absolute atomic E-state index is 12.0. The Morgan fingerprint density at radius 2 is 2.05 bits per heavy atom. The molecule has 112 valence electrons. The van der Waals surface area contributed by atoms with Gasteiger partial charge >= 0.3 is 5.97 Å². The summed E-state index contributed by atoms with van der Waals surface area (Å²) < 4.78 is 12.4. The molecule has 7 nitrogen and oxygen atoms in total. The summed E-state index contributed by atoms with van der Waals surface area (Å²) in [5.74, 6) is 0.149. The van der Waals surface area contributed by atoms with Gasteiger partial charge in [-0.3, -0.25) is 4.68 Å². The van der Waals surface area contributed by atoms with Crippen molar-refractivity contribution in [3.63, 3.8) is 0 Å². The number of carbonyl (C=O) groups excluding carboxylic acids is 1. The molecule has 3 aromatic rings. The highest BCUT2D eigenvalue weighted by molar-refractivity contribution is 5.88. The molecule has 3 rings (SSSR count). The summed E-state index contributed by atoms with van der Waals surface area (Å²) in [4.78, 5) is 12.0. The smallest absolute Gasteiger partial charge is 0.342 e. The maximum Gasteiger partial charge on any atom is 0.342 e. The number of hydrogen-bond donors (Lipinski definition) is 0. The van der Waals surface area contributed by atoms with Gasteiger partial charge in [0.2, 0.25) is 5.89 Å². The highest BCUT2D eigenvalue weighted by Crippen LogP contribution is 2.22. The molecular weight excluding hydrogens is 284 g/mol. The van der Waals surface area contributed by atoms with Gasteiger partial charge in [-0.05, 0) is 19.1 Å². The first-order chi connectivity index (χ1) is 10.6. The van der Waals surface area contributed by atoms with Gasteiger partial charge in [0.15, 0.2) is 6.10 Å². The highest BCUT2D eigenvalue weighted by atomic mass is 16.6. The zero-order chi connectivity index (χ0) is 15.5. The maximum atomic E-state index is 12.0. The molecule has 0 aliphatic rings. The zero-order valence-electron chi connectivity index (χ0n) is 12.1. The molecule has 7 heteroatoms. The molecule has 1 atom stereocenters. The highest BCUT2D eigenvalue weighted by Gasteiger charge is 2.20. The monoisotopic (exact) mass is 298 g/mol. The molecule has 0 radical (unpaired) electrons. The second kappa shape index (κ2) is 5.80. The van der Waals surface area contributed by atoms with Gasteiger partial charge in [-0.15, -0.1) is 10.2 Å². The first-order valence-electron chi connectivity index (χ1n) is 6.72. The number of aromatic nitrogens is 4. The lowest BCUT2D eigenvalue weighted by atomic mass is 10.2. The van der Waals surface area contributed by atoms with Crippen molar-refractivity contribution in [1.82, 2.24) is 20.0 Å². The minimum absolute atomic E-state index is 0.246. The molecule has 1 unspecified atom stereocenters. The molecule has 22 heavy (non-hydrogen) atoms. The van der Waals surface area contributed by atoms with Crippen LogP contribution < -0.4 is 0 Å². The lowest BCUT2D eigenvalue weighted by Gasteiger charge is -2.07. The summed E-state index contributed by atoms with van der Waals surface area (Å²) in [7, 11) is 1.73. The number of aryl methyl sites for hydroxylation is 1.